The summed E-state index contributed by atoms with van der Waals surface area (Å²) in [7, 11) is 1.42. The molecule has 0 radical (unpaired) electrons. The molecule has 0 saturated heterocycles. The molecule has 0 amide bonds. The quantitative estimate of drug-likeness (QED) is 0.483. The summed E-state index contributed by atoms with van der Waals surface area (Å²) in [4.78, 5) is 11.6. The lowest BCUT2D eigenvalue weighted by molar-refractivity contribution is -0.140. The number of esters is 1. The van der Waals surface area contributed by atoms with Gasteiger partial charge >= 0.3 is 5.97 Å². The first-order valence-electron chi connectivity index (χ1n) is 8.94. The highest BCUT2D eigenvalue weighted by molar-refractivity contribution is 5.87. The molecule has 0 atom stereocenters. The number of benzene rings is 3. The molecule has 3 aromatic carbocycles. The zero-order valence-electron chi connectivity index (χ0n) is 15.1. The van der Waals surface area contributed by atoms with Crippen LogP contribution in [0.15, 0.2) is 79.0 Å². The Morgan fingerprint density at radius 1 is 0.963 bits per heavy atom. The number of para-hydroxylation sites is 1. The number of fused-ring (bicyclic) bond motifs is 1. The van der Waals surface area contributed by atoms with Crippen LogP contribution in [0, 0.1) is 0 Å². The molecule has 0 unspecified atom stereocenters. The first-order valence-corrected chi connectivity index (χ1v) is 8.94. The minimum absolute atomic E-state index is 0.216. The van der Waals surface area contributed by atoms with Gasteiger partial charge in [0.1, 0.15) is 0 Å². The summed E-state index contributed by atoms with van der Waals surface area (Å²) in [5, 5.41) is 7.19. The van der Waals surface area contributed by atoms with Crippen LogP contribution in [-0.4, -0.2) is 22.9 Å². The second kappa shape index (κ2) is 7.46. The number of carbonyl (C=O) groups excluding carboxylic acids is 1. The largest absolute Gasteiger partial charge is 0.469 e. The van der Waals surface area contributed by atoms with Crippen molar-refractivity contribution in [2.75, 3.05) is 7.11 Å². The van der Waals surface area contributed by atoms with Gasteiger partial charge in [-0.3, -0.25) is 4.79 Å². The molecule has 4 nitrogen and oxygen atoms in total. The van der Waals surface area contributed by atoms with Crippen molar-refractivity contribution >= 4 is 16.7 Å². The van der Waals surface area contributed by atoms with Crippen molar-refractivity contribution in [3.8, 4) is 16.9 Å². The van der Waals surface area contributed by atoms with Crippen molar-refractivity contribution in [2.45, 2.75) is 12.8 Å². The van der Waals surface area contributed by atoms with Crippen LogP contribution in [0.3, 0.4) is 0 Å². The highest BCUT2D eigenvalue weighted by Gasteiger charge is 2.14. The van der Waals surface area contributed by atoms with Gasteiger partial charge in [-0.25, -0.2) is 4.68 Å². The van der Waals surface area contributed by atoms with Gasteiger partial charge < -0.3 is 4.74 Å². The highest BCUT2D eigenvalue weighted by Crippen LogP contribution is 2.28. The van der Waals surface area contributed by atoms with E-state index in [9.17, 15) is 4.79 Å². The highest BCUT2D eigenvalue weighted by atomic mass is 16.5. The molecule has 0 bridgehead atoms. The van der Waals surface area contributed by atoms with Crippen LogP contribution in [0.1, 0.15) is 12.0 Å². The summed E-state index contributed by atoms with van der Waals surface area (Å²) < 4.78 is 6.67. The van der Waals surface area contributed by atoms with Crippen molar-refractivity contribution in [3.63, 3.8) is 0 Å². The van der Waals surface area contributed by atoms with Crippen LogP contribution in [0.4, 0.5) is 0 Å². The van der Waals surface area contributed by atoms with Crippen LogP contribution in [-0.2, 0) is 16.0 Å². The number of methoxy groups -OCH3 is 1. The van der Waals surface area contributed by atoms with E-state index in [0.717, 1.165) is 22.5 Å². The number of carbonyl (C=O) groups is 1. The van der Waals surface area contributed by atoms with Gasteiger partial charge in [0.2, 0.25) is 0 Å². The van der Waals surface area contributed by atoms with Gasteiger partial charge in [0.05, 0.1) is 18.5 Å². The van der Waals surface area contributed by atoms with Gasteiger partial charge in [-0.15, -0.1) is 0 Å². The Kier molecular flexibility index (Phi) is 4.71. The van der Waals surface area contributed by atoms with Crippen LogP contribution in [0.2, 0.25) is 0 Å². The standard InChI is InChI=1S/C23H20N2O2/c1-27-22(26)14-13-20-16-25(21-9-3-2-4-10-21)24-23(20)19-12-11-17-7-5-6-8-18(17)15-19/h2-12,15-16H,13-14H2,1H3. The molecule has 4 heteroatoms. The Morgan fingerprint density at radius 3 is 2.48 bits per heavy atom. The number of aromatic nitrogens is 2. The number of hydrogen-bond acceptors (Lipinski definition) is 3. The lowest BCUT2D eigenvalue weighted by Crippen LogP contribution is -2.02. The molecule has 0 aliphatic carbocycles. The Hall–Kier alpha value is -3.40. The van der Waals surface area contributed by atoms with Crippen LogP contribution in [0.25, 0.3) is 27.7 Å². The molecule has 0 spiro atoms. The lowest BCUT2D eigenvalue weighted by atomic mass is 10.0. The molecule has 134 valence electrons. The van der Waals surface area contributed by atoms with E-state index in [1.165, 1.54) is 17.9 Å². The summed E-state index contributed by atoms with van der Waals surface area (Å²) in [6.45, 7) is 0. The Labute approximate surface area is 158 Å². The fraction of sp³-hybridized carbons (Fsp3) is 0.130. The van der Waals surface area contributed by atoms with Gasteiger partial charge in [-0.2, -0.15) is 5.10 Å². The molecule has 4 aromatic rings. The van der Waals surface area contributed by atoms with Crippen LogP contribution < -0.4 is 0 Å². The number of nitrogens with zero attached hydrogens (tertiary/aromatic N) is 2. The van der Waals surface area contributed by atoms with Crippen LogP contribution in [0.5, 0.6) is 0 Å². The molecule has 27 heavy (non-hydrogen) atoms. The minimum Gasteiger partial charge on any atom is -0.469 e. The summed E-state index contributed by atoms with van der Waals surface area (Å²) in [5.74, 6) is -0.216. The second-order valence-electron chi connectivity index (χ2n) is 6.42. The fourth-order valence-electron chi connectivity index (χ4n) is 3.22. The molecular formula is C23H20N2O2. The maximum absolute atomic E-state index is 11.6. The van der Waals surface area contributed by atoms with E-state index in [0.29, 0.717) is 12.8 Å². The van der Waals surface area contributed by atoms with E-state index in [4.69, 9.17) is 9.84 Å². The molecule has 0 saturated carbocycles. The molecular weight excluding hydrogens is 336 g/mol. The molecule has 4 rings (SSSR count). The smallest absolute Gasteiger partial charge is 0.305 e. The monoisotopic (exact) mass is 356 g/mol. The van der Waals surface area contributed by atoms with Gasteiger partial charge in [0, 0.05) is 18.2 Å². The van der Waals surface area contributed by atoms with Gasteiger partial charge in [-0.1, -0.05) is 54.6 Å². The number of rotatable bonds is 5. The third kappa shape index (κ3) is 3.60. The maximum atomic E-state index is 11.6. The number of ether oxygens (including phenoxy) is 1. The number of aryl methyl sites for hydroxylation is 1. The average Bonchev–Trinajstić information content (AvgIpc) is 3.16. The minimum atomic E-state index is -0.216. The fourth-order valence-corrected chi connectivity index (χ4v) is 3.22. The molecule has 0 N–H and O–H groups in total. The molecule has 1 heterocycles. The van der Waals surface area contributed by atoms with E-state index in [2.05, 4.69) is 30.3 Å². The van der Waals surface area contributed by atoms with Crippen molar-refractivity contribution < 1.29 is 9.53 Å². The zero-order valence-corrected chi connectivity index (χ0v) is 15.1. The summed E-state index contributed by atoms with van der Waals surface area (Å²) in [6.07, 6.45) is 2.92. The van der Waals surface area contributed by atoms with E-state index in [-0.39, 0.29) is 5.97 Å². The van der Waals surface area contributed by atoms with Crippen molar-refractivity contribution in [2.24, 2.45) is 0 Å². The summed E-state index contributed by atoms with van der Waals surface area (Å²) in [6, 6.07) is 24.6. The molecule has 1 aromatic heterocycles. The Morgan fingerprint density at radius 2 is 1.70 bits per heavy atom. The van der Waals surface area contributed by atoms with E-state index >= 15 is 0 Å². The SMILES string of the molecule is COC(=O)CCc1cn(-c2ccccc2)nc1-c1ccc2ccccc2c1. The van der Waals surface area contributed by atoms with Gasteiger partial charge in [-0.05, 0) is 41.0 Å². The maximum Gasteiger partial charge on any atom is 0.305 e. The normalized spacial score (nSPS) is 10.9. The lowest BCUT2D eigenvalue weighted by Gasteiger charge is -2.04. The van der Waals surface area contributed by atoms with Crippen molar-refractivity contribution in [1.29, 1.82) is 0 Å². The zero-order chi connectivity index (χ0) is 18.6. The molecule has 0 aliphatic heterocycles. The van der Waals surface area contributed by atoms with Gasteiger partial charge in [0.15, 0.2) is 0 Å². The van der Waals surface area contributed by atoms with E-state index < -0.39 is 0 Å². The molecule has 0 aliphatic rings. The number of hydrogen-bond donors (Lipinski definition) is 0. The predicted molar refractivity (Wildman–Crippen MR) is 107 cm³/mol. The average molecular weight is 356 g/mol. The van der Waals surface area contributed by atoms with Gasteiger partial charge in [0.25, 0.3) is 0 Å². The Balaban J connectivity index is 1.78. The Bertz CT molecular complexity index is 1080. The van der Waals surface area contributed by atoms with E-state index in [1.807, 2.05) is 53.3 Å². The van der Waals surface area contributed by atoms with E-state index in [1.54, 1.807) is 0 Å². The predicted octanol–water partition coefficient (Wildman–Crippen LogP) is 4.80. The van der Waals surface area contributed by atoms with Crippen LogP contribution >= 0.6 is 0 Å². The first-order chi connectivity index (χ1) is 13.2. The van der Waals surface area contributed by atoms with Crippen molar-refractivity contribution in [1.82, 2.24) is 9.78 Å². The second-order valence-corrected chi connectivity index (χ2v) is 6.42. The third-order valence-corrected chi connectivity index (χ3v) is 4.66. The van der Waals surface area contributed by atoms with Crippen molar-refractivity contribution in [3.05, 3.63) is 84.6 Å². The molecule has 0 fully saturated rings. The summed E-state index contributed by atoms with van der Waals surface area (Å²) >= 11 is 0. The summed E-state index contributed by atoms with van der Waals surface area (Å²) in [5.41, 5.74) is 3.96. The third-order valence-electron chi connectivity index (χ3n) is 4.66. The first kappa shape index (κ1) is 17.0. The topological polar surface area (TPSA) is 44.1 Å².